The Kier molecular flexibility index (Phi) is 5.66. The zero-order valence-electron chi connectivity index (χ0n) is 14.5. The minimum atomic E-state index is -0.0463. The van der Waals surface area contributed by atoms with Gasteiger partial charge in [-0.25, -0.2) is 0 Å². The number of H-pyrrole nitrogens is 1. The minimum Gasteiger partial charge on any atom is -0.381 e. The van der Waals surface area contributed by atoms with E-state index < -0.39 is 0 Å². The highest BCUT2D eigenvalue weighted by atomic mass is 16.5. The van der Waals surface area contributed by atoms with Gasteiger partial charge < -0.3 is 14.6 Å². The first-order valence-electron chi connectivity index (χ1n) is 8.83. The van der Waals surface area contributed by atoms with Crippen molar-refractivity contribution < 1.29 is 14.3 Å². The number of nitrogens with zero attached hydrogens (tertiary/aromatic N) is 1. The van der Waals surface area contributed by atoms with Gasteiger partial charge in [-0.2, -0.15) is 0 Å². The van der Waals surface area contributed by atoms with E-state index in [4.69, 9.17) is 4.74 Å². The Morgan fingerprint density at radius 2 is 1.92 bits per heavy atom. The van der Waals surface area contributed by atoms with Crippen LogP contribution in [0.15, 0.2) is 42.7 Å². The van der Waals surface area contributed by atoms with E-state index in [9.17, 15) is 9.59 Å². The summed E-state index contributed by atoms with van der Waals surface area (Å²) in [6.45, 7) is 4.93. The second-order valence-corrected chi connectivity index (χ2v) is 6.43. The van der Waals surface area contributed by atoms with Gasteiger partial charge in [-0.15, -0.1) is 0 Å². The van der Waals surface area contributed by atoms with E-state index in [1.165, 1.54) is 0 Å². The number of hydrogen-bond acceptors (Lipinski definition) is 3. The van der Waals surface area contributed by atoms with Crippen LogP contribution in [0.4, 0.5) is 0 Å². The first kappa shape index (κ1) is 17.4. The van der Waals surface area contributed by atoms with Gasteiger partial charge in [-0.3, -0.25) is 9.59 Å². The van der Waals surface area contributed by atoms with Crippen LogP contribution >= 0.6 is 0 Å². The van der Waals surface area contributed by atoms with Gasteiger partial charge in [0, 0.05) is 48.8 Å². The molecule has 2 heterocycles. The van der Waals surface area contributed by atoms with Gasteiger partial charge in [-0.05, 0) is 43.9 Å². The molecular weight excluding hydrogens is 316 g/mol. The van der Waals surface area contributed by atoms with Crippen LogP contribution in [-0.2, 0) is 4.74 Å². The maximum Gasteiger partial charge on any atom is 0.253 e. The Labute approximate surface area is 148 Å². The van der Waals surface area contributed by atoms with E-state index in [0.717, 1.165) is 25.9 Å². The van der Waals surface area contributed by atoms with Crippen molar-refractivity contribution in [2.45, 2.75) is 19.8 Å². The number of likely N-dealkylation sites (tertiary alicyclic amines) is 1. The Balaban J connectivity index is 1.65. The van der Waals surface area contributed by atoms with Crippen molar-refractivity contribution in [1.29, 1.82) is 0 Å². The summed E-state index contributed by atoms with van der Waals surface area (Å²) in [6, 6.07) is 8.69. The second kappa shape index (κ2) is 8.12. The monoisotopic (exact) mass is 340 g/mol. The van der Waals surface area contributed by atoms with Gasteiger partial charge in [0.15, 0.2) is 5.78 Å². The molecule has 1 amide bonds. The number of aromatic amines is 1. The molecule has 2 aromatic rings. The van der Waals surface area contributed by atoms with E-state index in [1.807, 2.05) is 11.8 Å². The van der Waals surface area contributed by atoms with Crippen LogP contribution < -0.4 is 0 Å². The topological polar surface area (TPSA) is 62.4 Å². The Morgan fingerprint density at radius 3 is 2.60 bits per heavy atom. The molecule has 0 bridgehead atoms. The molecule has 1 fully saturated rings. The first-order chi connectivity index (χ1) is 12.2. The molecule has 1 saturated heterocycles. The van der Waals surface area contributed by atoms with Gasteiger partial charge in [0.05, 0.1) is 6.61 Å². The van der Waals surface area contributed by atoms with Crippen molar-refractivity contribution in [2.75, 3.05) is 26.3 Å². The fourth-order valence-electron chi connectivity index (χ4n) is 3.25. The zero-order valence-corrected chi connectivity index (χ0v) is 14.5. The normalized spacial score (nSPS) is 17.5. The summed E-state index contributed by atoms with van der Waals surface area (Å²) in [6.07, 6.45) is 5.51. The molecule has 5 nitrogen and oxygen atoms in total. The zero-order chi connectivity index (χ0) is 17.6. The number of ether oxygens (including phenoxy) is 1. The number of hydrogen-bond donors (Lipinski definition) is 1. The lowest BCUT2D eigenvalue weighted by atomic mass is 9.97. The van der Waals surface area contributed by atoms with Crippen LogP contribution in [0.1, 0.15) is 46.0 Å². The number of nitrogens with one attached hydrogen (secondary N) is 1. The van der Waals surface area contributed by atoms with Crippen molar-refractivity contribution >= 4 is 11.7 Å². The summed E-state index contributed by atoms with van der Waals surface area (Å²) in [4.78, 5) is 29.8. The van der Waals surface area contributed by atoms with Crippen molar-refractivity contribution in [3.05, 3.63) is 59.4 Å². The predicted octanol–water partition coefficient (Wildman–Crippen LogP) is 3.13. The number of amides is 1. The molecule has 1 aromatic carbocycles. The molecule has 0 radical (unpaired) electrons. The van der Waals surface area contributed by atoms with Crippen molar-refractivity contribution in [3.63, 3.8) is 0 Å². The van der Waals surface area contributed by atoms with E-state index >= 15 is 0 Å². The van der Waals surface area contributed by atoms with Gasteiger partial charge in [-0.1, -0.05) is 12.1 Å². The molecule has 132 valence electrons. The summed E-state index contributed by atoms with van der Waals surface area (Å²) in [5.41, 5.74) is 1.83. The van der Waals surface area contributed by atoms with Gasteiger partial charge in [0.25, 0.3) is 5.91 Å². The largest absolute Gasteiger partial charge is 0.381 e. The van der Waals surface area contributed by atoms with E-state index in [-0.39, 0.29) is 11.7 Å². The Morgan fingerprint density at radius 1 is 1.16 bits per heavy atom. The average molecular weight is 340 g/mol. The summed E-state index contributed by atoms with van der Waals surface area (Å²) < 4.78 is 5.51. The smallest absolute Gasteiger partial charge is 0.253 e. The lowest BCUT2D eigenvalue weighted by molar-refractivity contribution is 0.0501. The van der Waals surface area contributed by atoms with Crippen LogP contribution in [0.3, 0.4) is 0 Å². The number of benzene rings is 1. The van der Waals surface area contributed by atoms with Crippen molar-refractivity contribution in [3.8, 4) is 0 Å². The molecule has 1 atom stereocenters. The van der Waals surface area contributed by atoms with Crippen LogP contribution in [0.25, 0.3) is 0 Å². The molecular formula is C20H24N2O3. The predicted molar refractivity (Wildman–Crippen MR) is 95.8 cm³/mol. The standard InChI is InChI=1S/C20H24N2O3/c1-2-25-14-15-4-3-11-22(13-15)20(24)17-7-5-16(6-8-17)19(23)18-9-10-21-12-18/h5-10,12,15,21H,2-4,11,13-14H2,1H3. The van der Waals surface area contributed by atoms with Gasteiger partial charge in [0.1, 0.15) is 0 Å². The average Bonchev–Trinajstić information content (AvgIpc) is 3.20. The summed E-state index contributed by atoms with van der Waals surface area (Å²) in [5.74, 6) is 0.393. The number of rotatable bonds is 6. The SMILES string of the molecule is CCOCC1CCCN(C(=O)c2ccc(C(=O)c3cc[nH]c3)cc2)C1. The molecule has 0 aliphatic carbocycles. The minimum absolute atomic E-state index is 0.0295. The molecule has 1 aliphatic rings. The van der Waals surface area contributed by atoms with Crippen LogP contribution in [0.2, 0.25) is 0 Å². The van der Waals surface area contributed by atoms with Crippen LogP contribution in [0.5, 0.6) is 0 Å². The fraction of sp³-hybridized carbons (Fsp3) is 0.400. The van der Waals surface area contributed by atoms with Crippen molar-refractivity contribution in [1.82, 2.24) is 9.88 Å². The number of ketones is 1. The highest BCUT2D eigenvalue weighted by molar-refractivity contribution is 6.09. The third-order valence-electron chi connectivity index (χ3n) is 4.62. The molecule has 0 spiro atoms. The van der Waals surface area contributed by atoms with E-state index in [1.54, 1.807) is 42.7 Å². The fourth-order valence-corrected chi connectivity index (χ4v) is 3.25. The molecule has 0 saturated carbocycles. The van der Waals surface area contributed by atoms with E-state index in [0.29, 0.717) is 35.8 Å². The number of carbonyl (C=O) groups is 2. The van der Waals surface area contributed by atoms with Gasteiger partial charge >= 0.3 is 0 Å². The Bertz CT molecular complexity index is 707. The lowest BCUT2D eigenvalue weighted by Crippen LogP contribution is -2.41. The van der Waals surface area contributed by atoms with Crippen molar-refractivity contribution in [2.24, 2.45) is 5.92 Å². The second-order valence-electron chi connectivity index (χ2n) is 6.43. The van der Waals surface area contributed by atoms with Crippen LogP contribution in [-0.4, -0.2) is 47.9 Å². The molecule has 1 N–H and O–H groups in total. The quantitative estimate of drug-likeness (QED) is 0.822. The maximum atomic E-state index is 12.7. The maximum absolute atomic E-state index is 12.7. The summed E-state index contributed by atoms with van der Waals surface area (Å²) in [7, 11) is 0. The molecule has 5 heteroatoms. The third-order valence-corrected chi connectivity index (χ3v) is 4.62. The third kappa shape index (κ3) is 4.17. The Hall–Kier alpha value is -2.40. The highest BCUT2D eigenvalue weighted by Gasteiger charge is 2.24. The summed E-state index contributed by atoms with van der Waals surface area (Å²) in [5, 5.41) is 0. The molecule has 1 aliphatic heterocycles. The number of carbonyl (C=O) groups excluding carboxylic acids is 2. The van der Waals surface area contributed by atoms with Gasteiger partial charge in [0.2, 0.25) is 0 Å². The van der Waals surface area contributed by atoms with E-state index in [2.05, 4.69) is 4.98 Å². The molecule has 3 rings (SSSR count). The number of aromatic nitrogens is 1. The lowest BCUT2D eigenvalue weighted by Gasteiger charge is -2.32. The highest BCUT2D eigenvalue weighted by Crippen LogP contribution is 2.20. The molecule has 1 aromatic heterocycles. The van der Waals surface area contributed by atoms with Crippen LogP contribution in [0, 0.1) is 5.92 Å². The number of piperidine rings is 1. The summed E-state index contributed by atoms with van der Waals surface area (Å²) >= 11 is 0. The molecule has 1 unspecified atom stereocenters. The molecule has 25 heavy (non-hydrogen) atoms. The first-order valence-corrected chi connectivity index (χ1v) is 8.83.